The number of amides is 1. The number of aliphatic hydroxyl groups excluding tert-OH is 1. The third-order valence-corrected chi connectivity index (χ3v) is 1.90. The average Bonchev–Trinajstić information content (AvgIpc) is 2.24. The van der Waals surface area contributed by atoms with Crippen LogP contribution in [0.5, 0.6) is 0 Å². The van der Waals surface area contributed by atoms with E-state index in [4.69, 9.17) is 10.8 Å². The average molecular weight is 249 g/mol. The maximum atomic E-state index is 12.5. The molecule has 0 saturated heterocycles. The van der Waals surface area contributed by atoms with Crippen molar-refractivity contribution >= 4 is 11.7 Å². The molecule has 1 rings (SSSR count). The summed E-state index contributed by atoms with van der Waals surface area (Å²) in [4.78, 5) is 14.0. The normalized spacial score (nSPS) is 13.2. The smallest absolute Gasteiger partial charge is 0.381 e. The zero-order chi connectivity index (χ0) is 13.1. The van der Waals surface area contributed by atoms with Gasteiger partial charge in [-0.15, -0.1) is 0 Å². The molecule has 0 bridgehead atoms. The molecule has 0 radical (unpaired) electrons. The fraction of sp³-hybridized carbons (Fsp3) is 0.333. The molecule has 1 heterocycles. The summed E-state index contributed by atoms with van der Waals surface area (Å²) in [5.41, 5.74) is 3.78. The summed E-state index contributed by atoms with van der Waals surface area (Å²) in [5.74, 6) is -1.48. The number of aromatic nitrogens is 1. The van der Waals surface area contributed by atoms with E-state index in [0.29, 0.717) is 0 Å². The lowest BCUT2D eigenvalue weighted by Crippen LogP contribution is -2.34. The molecule has 0 aliphatic rings. The van der Waals surface area contributed by atoms with Gasteiger partial charge in [-0.1, -0.05) is 0 Å². The van der Waals surface area contributed by atoms with Crippen LogP contribution in [0.15, 0.2) is 18.3 Å². The summed E-state index contributed by atoms with van der Waals surface area (Å²) >= 11 is 0. The lowest BCUT2D eigenvalue weighted by Gasteiger charge is -2.14. The van der Waals surface area contributed by atoms with E-state index in [-0.39, 0.29) is 0 Å². The van der Waals surface area contributed by atoms with Crippen LogP contribution in [-0.2, 0) is 11.0 Å². The summed E-state index contributed by atoms with van der Waals surface area (Å²) in [7, 11) is 0. The lowest BCUT2D eigenvalue weighted by atomic mass is 10.2. The molecule has 1 amide bonds. The van der Waals surface area contributed by atoms with Crippen molar-refractivity contribution in [2.24, 2.45) is 5.73 Å². The second kappa shape index (κ2) is 5.00. The van der Waals surface area contributed by atoms with Gasteiger partial charge in [0.1, 0.15) is 11.9 Å². The number of halogens is 3. The Morgan fingerprint density at radius 2 is 2.24 bits per heavy atom. The Hall–Kier alpha value is -1.83. The highest BCUT2D eigenvalue weighted by Crippen LogP contribution is 2.33. The zero-order valence-electron chi connectivity index (χ0n) is 8.53. The van der Waals surface area contributed by atoms with Crippen molar-refractivity contribution in [3.05, 3.63) is 23.9 Å². The van der Waals surface area contributed by atoms with Crippen LogP contribution in [0.3, 0.4) is 0 Å². The van der Waals surface area contributed by atoms with Gasteiger partial charge in [0.2, 0.25) is 5.91 Å². The SMILES string of the molecule is NC(=O)C(O)CNc1ncccc1C(F)(F)F. The highest BCUT2D eigenvalue weighted by molar-refractivity contribution is 5.79. The van der Waals surface area contributed by atoms with Gasteiger partial charge in [-0.3, -0.25) is 4.79 Å². The molecule has 0 saturated carbocycles. The van der Waals surface area contributed by atoms with Crippen LogP contribution in [0.1, 0.15) is 5.56 Å². The summed E-state index contributed by atoms with van der Waals surface area (Å²) in [6, 6.07) is 1.98. The quantitative estimate of drug-likeness (QED) is 0.718. The van der Waals surface area contributed by atoms with Crippen molar-refractivity contribution in [3.63, 3.8) is 0 Å². The third-order valence-electron chi connectivity index (χ3n) is 1.90. The predicted octanol–water partition coefficient (Wildman–Crippen LogP) is 0.359. The monoisotopic (exact) mass is 249 g/mol. The summed E-state index contributed by atoms with van der Waals surface area (Å²) < 4.78 is 37.5. The number of rotatable bonds is 4. The highest BCUT2D eigenvalue weighted by Gasteiger charge is 2.34. The standard InChI is InChI=1S/C9H10F3N3O2/c10-9(11,12)5-2-1-3-14-8(5)15-4-6(16)7(13)17/h1-3,6,16H,4H2,(H2,13,17)(H,14,15). The third kappa shape index (κ3) is 3.59. The number of alkyl halides is 3. The zero-order valence-corrected chi connectivity index (χ0v) is 8.53. The largest absolute Gasteiger partial charge is 0.419 e. The number of nitrogens with two attached hydrogens (primary N) is 1. The molecule has 94 valence electrons. The van der Waals surface area contributed by atoms with E-state index in [2.05, 4.69) is 10.3 Å². The summed E-state index contributed by atoms with van der Waals surface area (Å²) in [6.07, 6.45) is -4.97. The number of carbonyl (C=O) groups is 1. The van der Waals surface area contributed by atoms with Gasteiger partial charge >= 0.3 is 6.18 Å². The molecule has 5 nitrogen and oxygen atoms in total. The first-order valence-corrected chi connectivity index (χ1v) is 4.56. The topological polar surface area (TPSA) is 88.2 Å². The fourth-order valence-electron chi connectivity index (χ4n) is 1.07. The van der Waals surface area contributed by atoms with E-state index in [1.54, 1.807) is 0 Å². The molecule has 17 heavy (non-hydrogen) atoms. The van der Waals surface area contributed by atoms with E-state index in [1.807, 2.05) is 0 Å². The number of nitrogens with zero attached hydrogens (tertiary/aromatic N) is 1. The van der Waals surface area contributed by atoms with Gasteiger partial charge in [-0.2, -0.15) is 13.2 Å². The Labute approximate surface area is 94.5 Å². The molecule has 0 aliphatic heterocycles. The molecule has 4 N–H and O–H groups in total. The minimum absolute atomic E-state index is 0.435. The fourth-order valence-corrected chi connectivity index (χ4v) is 1.07. The Balaban J connectivity index is 2.81. The van der Waals surface area contributed by atoms with Gasteiger partial charge in [0.25, 0.3) is 0 Å². The molecule has 1 unspecified atom stereocenters. The molecule has 1 atom stereocenters. The van der Waals surface area contributed by atoms with Crippen LogP contribution >= 0.6 is 0 Å². The Morgan fingerprint density at radius 3 is 2.76 bits per heavy atom. The number of nitrogens with one attached hydrogen (secondary N) is 1. The molecule has 1 aromatic rings. The molecule has 0 spiro atoms. The van der Waals surface area contributed by atoms with Crippen molar-refractivity contribution in [2.75, 3.05) is 11.9 Å². The van der Waals surface area contributed by atoms with Crippen LogP contribution in [0, 0.1) is 0 Å². The number of hydrogen-bond acceptors (Lipinski definition) is 4. The first-order valence-electron chi connectivity index (χ1n) is 4.56. The van der Waals surface area contributed by atoms with Gasteiger partial charge in [0.05, 0.1) is 12.1 Å². The number of anilines is 1. The van der Waals surface area contributed by atoms with Crippen molar-refractivity contribution in [2.45, 2.75) is 12.3 Å². The van der Waals surface area contributed by atoms with Crippen LogP contribution < -0.4 is 11.1 Å². The molecule has 1 aromatic heterocycles. The first-order chi connectivity index (χ1) is 7.82. The van der Waals surface area contributed by atoms with E-state index in [1.165, 1.54) is 0 Å². The molecular formula is C9H10F3N3O2. The van der Waals surface area contributed by atoms with Gasteiger partial charge in [-0.05, 0) is 12.1 Å². The maximum absolute atomic E-state index is 12.5. The first kappa shape index (κ1) is 13.2. The van der Waals surface area contributed by atoms with Crippen molar-refractivity contribution in [1.29, 1.82) is 0 Å². The second-order valence-corrected chi connectivity index (χ2v) is 3.20. The van der Waals surface area contributed by atoms with Crippen LogP contribution in [0.25, 0.3) is 0 Å². The molecule has 0 fully saturated rings. The van der Waals surface area contributed by atoms with Crippen LogP contribution in [0.4, 0.5) is 19.0 Å². The maximum Gasteiger partial charge on any atom is 0.419 e. The van der Waals surface area contributed by atoms with E-state index >= 15 is 0 Å². The van der Waals surface area contributed by atoms with E-state index in [0.717, 1.165) is 18.3 Å². The number of carbonyl (C=O) groups excluding carboxylic acids is 1. The van der Waals surface area contributed by atoms with E-state index < -0.39 is 36.1 Å². The Kier molecular flexibility index (Phi) is 3.89. The van der Waals surface area contributed by atoms with Gasteiger partial charge < -0.3 is 16.2 Å². The van der Waals surface area contributed by atoms with Crippen LogP contribution in [0.2, 0.25) is 0 Å². The van der Waals surface area contributed by atoms with Crippen molar-refractivity contribution in [1.82, 2.24) is 4.98 Å². The lowest BCUT2D eigenvalue weighted by molar-refractivity contribution is -0.137. The van der Waals surface area contributed by atoms with Gasteiger partial charge in [-0.25, -0.2) is 4.98 Å². The Morgan fingerprint density at radius 1 is 1.59 bits per heavy atom. The summed E-state index contributed by atoms with van der Waals surface area (Å²) in [5, 5.41) is 11.3. The molecule has 0 aliphatic carbocycles. The minimum Gasteiger partial charge on any atom is -0.381 e. The van der Waals surface area contributed by atoms with Crippen molar-refractivity contribution < 1.29 is 23.1 Å². The number of pyridine rings is 1. The number of primary amides is 1. The molecule has 0 aromatic carbocycles. The molecule has 8 heteroatoms. The minimum atomic E-state index is -4.56. The number of hydrogen-bond donors (Lipinski definition) is 3. The van der Waals surface area contributed by atoms with Gasteiger partial charge in [0, 0.05) is 6.20 Å². The van der Waals surface area contributed by atoms with E-state index in [9.17, 15) is 18.0 Å². The highest BCUT2D eigenvalue weighted by atomic mass is 19.4. The van der Waals surface area contributed by atoms with Gasteiger partial charge in [0.15, 0.2) is 0 Å². The van der Waals surface area contributed by atoms with Crippen molar-refractivity contribution in [3.8, 4) is 0 Å². The molecular weight excluding hydrogens is 239 g/mol. The Bertz CT molecular complexity index is 409. The van der Waals surface area contributed by atoms with Crippen LogP contribution in [-0.4, -0.2) is 28.6 Å². The number of aliphatic hydroxyl groups is 1. The second-order valence-electron chi connectivity index (χ2n) is 3.20. The predicted molar refractivity (Wildman–Crippen MR) is 52.9 cm³/mol. The summed E-state index contributed by atoms with van der Waals surface area (Å²) in [6.45, 7) is -0.435.